The molecule has 4 aromatic heterocycles. The van der Waals surface area contributed by atoms with Crippen LogP contribution in [0.3, 0.4) is 0 Å². The fraction of sp³-hybridized carbons (Fsp3) is 0.383. The van der Waals surface area contributed by atoms with Gasteiger partial charge in [-0.05, 0) is 174 Å². The second-order valence-corrected chi connectivity index (χ2v) is 40.3. The van der Waals surface area contributed by atoms with E-state index in [0.29, 0.717) is 41.9 Å². The first-order valence-corrected chi connectivity index (χ1v) is 46.7. The van der Waals surface area contributed by atoms with Crippen LogP contribution in [0.2, 0.25) is 0 Å². The van der Waals surface area contributed by atoms with Crippen LogP contribution in [0.15, 0.2) is 241 Å². The largest absolute Gasteiger partial charge is 0.513 e. The van der Waals surface area contributed by atoms with E-state index in [2.05, 4.69) is 340 Å². The molecule has 8 N–H and O–H groups in total. The summed E-state index contributed by atoms with van der Waals surface area (Å²) in [5.41, 5.74) is 29.3. The van der Waals surface area contributed by atoms with E-state index in [1.54, 1.807) is 26.8 Å². The zero-order valence-corrected chi connectivity index (χ0v) is 95.9. The molecule has 16 heteroatoms. The van der Waals surface area contributed by atoms with Crippen LogP contribution < -0.4 is 0 Å². The molecule has 4 unspecified atom stereocenters. The Morgan fingerprint density at radius 1 is 0.360 bits per heavy atom. The number of aryl methyl sites for hydroxylation is 8. The number of aromatic nitrogens is 4. The van der Waals surface area contributed by atoms with Gasteiger partial charge in [0.05, 0.1) is 69.5 Å². The maximum Gasteiger partial charge on any atom is 0.0955 e. The number of hydrogen-bond acceptors (Lipinski definition) is 12. The van der Waals surface area contributed by atoms with Crippen molar-refractivity contribution in [2.45, 2.75) is 275 Å². The average molecular weight is 2550 g/mol. The molecule has 4 heterocycles. The van der Waals surface area contributed by atoms with E-state index in [1.807, 2.05) is 71.9 Å². The van der Waals surface area contributed by atoms with Crippen molar-refractivity contribution in [2.75, 3.05) is 0 Å². The molecular formula is C120H152Ir4N4O8-4. The Kier molecular flexibility index (Phi) is 52.3. The molecule has 0 bridgehead atoms. The molecule has 0 saturated heterocycles. The summed E-state index contributed by atoms with van der Waals surface area (Å²) in [6.45, 7) is 63.6. The summed E-state index contributed by atoms with van der Waals surface area (Å²) in [6.07, 6.45) is 4.66. The number of aliphatic hydroxyl groups is 8. The third kappa shape index (κ3) is 40.9. The van der Waals surface area contributed by atoms with Crippen LogP contribution in [0.4, 0.5) is 0 Å². The van der Waals surface area contributed by atoms with Crippen LogP contribution >= 0.6 is 0 Å². The number of aliphatic hydroxyl groups excluding tert-OH is 8. The average Bonchev–Trinajstić information content (AvgIpc) is 0.785. The summed E-state index contributed by atoms with van der Waals surface area (Å²) in [6, 6.07) is 83.1. The molecule has 9 aromatic carbocycles. The molecule has 12 nitrogen and oxygen atoms in total. The second kappa shape index (κ2) is 57.7. The van der Waals surface area contributed by atoms with Crippen molar-refractivity contribution in [1.82, 2.24) is 19.9 Å². The number of pyridine rings is 4. The fourth-order valence-corrected chi connectivity index (χ4v) is 15.5. The molecule has 0 aliphatic heterocycles. The Morgan fingerprint density at radius 2 is 0.684 bits per heavy atom. The first-order valence-electron chi connectivity index (χ1n) is 46.7. The Bertz CT molecular complexity index is 5610. The quantitative estimate of drug-likeness (QED) is 0.0316. The molecular weight excluding hydrogens is 2390 g/mol. The van der Waals surface area contributed by atoms with Crippen molar-refractivity contribution in [3.05, 3.63) is 338 Å². The maximum atomic E-state index is 9.47. The van der Waals surface area contributed by atoms with Gasteiger partial charge in [0, 0.05) is 120 Å². The molecule has 4 atom stereocenters. The Labute approximate surface area is 870 Å². The van der Waals surface area contributed by atoms with E-state index in [-0.39, 0.29) is 126 Å². The SMILES string of the molecule is CC(C)C(O)=CC(O)C(C)C.CC(C)CC(O)=CC(O)CC(C)C.CC(O)=C(c1ccccc1)C(C)O.CC(O)=CC(C)O.Cc1[c-]c(-c2ccc3c(C(C)(C)C)cccc3n2)cc(C)c1.Cc1[c-]c(-c2ccc3c(C(C)(C)C)cccc3n2)cc(C)c1.Cc1[c-]c(-c2ccc3c(C(C)(C)C)cccc3n2)cc(C)c1.Cc1[c-]c(-c2ccc3c(CC(C)C)cccc3n2)cc(C)c1.[Ir].[Ir].[Ir].[Ir]. The summed E-state index contributed by atoms with van der Waals surface area (Å²) < 4.78 is 0. The molecule has 13 aromatic rings. The molecule has 0 fully saturated rings. The molecule has 0 aliphatic rings. The van der Waals surface area contributed by atoms with Crippen molar-refractivity contribution in [3.63, 3.8) is 0 Å². The normalized spacial score (nSPS) is 12.7. The topological polar surface area (TPSA) is 213 Å². The minimum Gasteiger partial charge on any atom is -0.513 e. The van der Waals surface area contributed by atoms with Gasteiger partial charge >= 0.3 is 0 Å². The van der Waals surface area contributed by atoms with Gasteiger partial charge in [-0.15, -0.1) is 140 Å². The van der Waals surface area contributed by atoms with E-state index < -0.39 is 24.4 Å². The van der Waals surface area contributed by atoms with Crippen molar-refractivity contribution in [3.8, 4) is 45.0 Å². The van der Waals surface area contributed by atoms with E-state index in [1.165, 1.54) is 85.1 Å². The number of rotatable bonds is 17. The Hall–Kier alpha value is -8.78. The standard InChI is InChI=1S/4C21H22N.C11H14O2.C11H22O2.C9H18O2.C5H10O2.4Ir/c3*1-14-11-15(2)13-16(12-14)19-10-9-17-18(21(3,4)5)7-6-8-20(17)22-19;1-14(2)10-17-6-5-7-21-19(17)8-9-20(22-21)18-12-15(3)11-16(4)13-18;1-8(12)11(9(2)13)10-6-4-3-5-7-10;1-8(2)5-10(12)7-11(13)6-9(3)4;1-6(2)8(10)5-9(11)7(3)4;1-4(6)3-5(2)7;;;;/h3*6-12H,1-5H3;5-9,11-12,14H,10H2,1-4H3;3-8,12-13H,1-2H3;7-10,12-13H,5-6H2,1-4H3;5-8,10-11H,1-4H3;3-4,6-7H,1-2H3;;;;/q4*-1;;;;;;;;. The minimum absolute atomic E-state index is 0. The Balaban J connectivity index is 0.000000535. The molecule has 0 saturated carbocycles. The van der Waals surface area contributed by atoms with Crippen molar-refractivity contribution < 1.29 is 121 Å². The third-order valence-corrected chi connectivity index (χ3v) is 21.5. The number of benzene rings is 9. The van der Waals surface area contributed by atoms with Gasteiger partial charge in [-0.1, -0.05) is 314 Å². The molecule has 0 aliphatic carbocycles. The van der Waals surface area contributed by atoms with E-state index in [9.17, 15) is 30.6 Å². The fourth-order valence-electron chi connectivity index (χ4n) is 15.5. The molecule has 0 spiro atoms. The van der Waals surface area contributed by atoms with Gasteiger partial charge in [0.25, 0.3) is 0 Å². The zero-order valence-electron chi connectivity index (χ0n) is 86.3. The van der Waals surface area contributed by atoms with Crippen molar-refractivity contribution in [1.29, 1.82) is 0 Å². The number of nitrogens with zero attached hydrogens (tertiary/aromatic N) is 4. The van der Waals surface area contributed by atoms with Gasteiger partial charge < -0.3 is 40.9 Å². The predicted molar refractivity (Wildman–Crippen MR) is 560 cm³/mol. The predicted octanol–water partition coefficient (Wildman–Crippen LogP) is 30.5. The first-order chi connectivity index (χ1) is 61.7. The van der Waals surface area contributed by atoms with Gasteiger partial charge in [-0.2, -0.15) is 0 Å². The van der Waals surface area contributed by atoms with Crippen LogP contribution in [0.5, 0.6) is 0 Å². The summed E-state index contributed by atoms with van der Waals surface area (Å²) in [7, 11) is 0. The van der Waals surface area contributed by atoms with Crippen LogP contribution in [0.1, 0.15) is 244 Å². The van der Waals surface area contributed by atoms with Crippen LogP contribution in [0.25, 0.3) is 94.2 Å². The third-order valence-electron chi connectivity index (χ3n) is 21.5. The van der Waals surface area contributed by atoms with Gasteiger partial charge in [-0.25, -0.2) is 0 Å². The number of allylic oxidation sites excluding steroid dienone is 4. The summed E-state index contributed by atoms with van der Waals surface area (Å²) in [4.78, 5) is 19.5. The number of fused-ring (bicyclic) bond motifs is 4. The monoisotopic (exact) mass is 2550 g/mol. The first kappa shape index (κ1) is 123. The Morgan fingerprint density at radius 3 is 0.941 bits per heavy atom. The van der Waals surface area contributed by atoms with Gasteiger partial charge in [0.15, 0.2) is 0 Å². The summed E-state index contributed by atoms with van der Waals surface area (Å²) >= 11 is 0. The smallest absolute Gasteiger partial charge is 0.0955 e. The van der Waals surface area contributed by atoms with Gasteiger partial charge in [0.2, 0.25) is 0 Å². The van der Waals surface area contributed by atoms with Crippen LogP contribution in [-0.2, 0) is 103 Å². The van der Waals surface area contributed by atoms with E-state index in [0.717, 1.165) is 101 Å². The number of hydrogen-bond donors (Lipinski definition) is 8. The van der Waals surface area contributed by atoms with E-state index in [4.69, 9.17) is 30.1 Å². The van der Waals surface area contributed by atoms with Crippen LogP contribution in [-0.4, -0.2) is 85.2 Å². The van der Waals surface area contributed by atoms with Gasteiger partial charge in [0.1, 0.15) is 0 Å². The zero-order chi connectivity index (χ0) is 98.6. The maximum absolute atomic E-state index is 9.47. The molecule has 740 valence electrons. The molecule has 13 rings (SSSR count). The van der Waals surface area contributed by atoms with E-state index >= 15 is 0 Å². The summed E-state index contributed by atoms with van der Waals surface area (Å²) in [5.74, 6) is 2.71. The van der Waals surface area contributed by atoms with Crippen LogP contribution in [0, 0.1) is 109 Å². The summed E-state index contributed by atoms with van der Waals surface area (Å²) in [5, 5.41) is 78.1. The van der Waals surface area contributed by atoms with Gasteiger partial charge in [-0.3, -0.25) is 19.9 Å². The minimum atomic E-state index is -0.646. The van der Waals surface area contributed by atoms with Crippen molar-refractivity contribution >= 4 is 49.2 Å². The van der Waals surface area contributed by atoms with Crippen molar-refractivity contribution in [2.24, 2.45) is 29.6 Å². The second-order valence-electron chi connectivity index (χ2n) is 40.3. The molecule has 0 amide bonds. The molecule has 136 heavy (non-hydrogen) atoms. The molecule has 4 radical (unpaired) electrons.